The Labute approximate surface area is 173 Å². The molecule has 0 bridgehead atoms. The van der Waals surface area contributed by atoms with E-state index in [9.17, 15) is 4.79 Å². The first-order valence-corrected chi connectivity index (χ1v) is 11.6. The Bertz CT molecular complexity index is 951. The molecule has 1 aromatic heterocycles. The first-order chi connectivity index (χ1) is 13.5. The van der Waals surface area contributed by atoms with Crippen LogP contribution in [0.3, 0.4) is 0 Å². The fourth-order valence-corrected chi connectivity index (χ4v) is 4.96. The number of ether oxygens (including phenoxy) is 1. The second-order valence-electron chi connectivity index (χ2n) is 7.19. The molecule has 2 aromatic carbocycles. The number of thiazole rings is 1. The summed E-state index contributed by atoms with van der Waals surface area (Å²) in [4.78, 5) is 20.5. The monoisotopic (exact) mass is 412 g/mol. The Balaban J connectivity index is 1.38. The number of carbonyl (C=O) groups is 1. The molecular weight excluding hydrogens is 388 g/mol. The predicted octanol–water partition coefficient (Wildman–Crippen LogP) is 5.32. The third kappa shape index (κ3) is 3.89. The molecular formula is C22H24N2O2S2. The van der Waals surface area contributed by atoms with Crippen molar-refractivity contribution in [3.63, 3.8) is 0 Å². The number of likely N-dealkylation sites (tertiary alicyclic amines) is 1. The van der Waals surface area contributed by atoms with Crippen molar-refractivity contribution in [2.45, 2.75) is 37.7 Å². The average molecular weight is 413 g/mol. The van der Waals surface area contributed by atoms with E-state index in [2.05, 4.69) is 26.0 Å². The highest BCUT2D eigenvalue weighted by molar-refractivity contribution is 7.98. The Hall–Kier alpha value is -2.05. The Morgan fingerprint density at radius 1 is 1.11 bits per heavy atom. The number of benzene rings is 2. The lowest BCUT2D eigenvalue weighted by molar-refractivity contribution is 0.0595. The minimum atomic E-state index is 0.109. The molecule has 0 aliphatic carbocycles. The Kier molecular flexibility index (Phi) is 5.60. The second-order valence-corrected chi connectivity index (χ2v) is 9.04. The van der Waals surface area contributed by atoms with E-state index in [0.29, 0.717) is 0 Å². The molecule has 0 atom stereocenters. The molecule has 0 unspecified atom stereocenters. The number of nitrogens with zero attached hydrogens (tertiary/aromatic N) is 2. The summed E-state index contributed by atoms with van der Waals surface area (Å²) in [5.74, 6) is 0.109. The molecule has 4 rings (SSSR count). The van der Waals surface area contributed by atoms with Crippen molar-refractivity contribution in [1.82, 2.24) is 9.88 Å². The number of hydrogen-bond acceptors (Lipinski definition) is 5. The minimum Gasteiger partial charge on any atom is -0.467 e. The summed E-state index contributed by atoms with van der Waals surface area (Å²) in [5.41, 5.74) is 4.22. The standard InChI is InChI=1S/C22H24N2O2S2/c1-14-4-5-15(2)20-19(14)23-22(28-20)26-17-10-12-24(13-11-17)21(25)16-6-8-18(27-3)9-7-16/h4-9,17H,10-13H2,1-3H3. The maximum Gasteiger partial charge on any atom is 0.274 e. The van der Waals surface area contributed by atoms with Crippen molar-refractivity contribution in [2.75, 3.05) is 19.3 Å². The number of aryl methyl sites for hydroxylation is 2. The van der Waals surface area contributed by atoms with E-state index in [4.69, 9.17) is 9.72 Å². The largest absolute Gasteiger partial charge is 0.467 e. The molecule has 4 nitrogen and oxygen atoms in total. The molecule has 146 valence electrons. The van der Waals surface area contributed by atoms with Gasteiger partial charge in [-0.05, 0) is 55.5 Å². The SMILES string of the molecule is CSc1ccc(C(=O)N2CCC(Oc3nc4c(C)ccc(C)c4s3)CC2)cc1. The van der Waals surface area contributed by atoms with Crippen LogP contribution in [0.5, 0.6) is 5.19 Å². The maximum absolute atomic E-state index is 12.7. The van der Waals surface area contributed by atoms with Gasteiger partial charge < -0.3 is 9.64 Å². The van der Waals surface area contributed by atoms with E-state index in [1.54, 1.807) is 23.1 Å². The van der Waals surface area contributed by atoms with Gasteiger partial charge in [0.2, 0.25) is 0 Å². The molecule has 1 saturated heterocycles. The number of thioether (sulfide) groups is 1. The molecule has 0 radical (unpaired) electrons. The van der Waals surface area contributed by atoms with Crippen molar-refractivity contribution in [2.24, 2.45) is 0 Å². The molecule has 28 heavy (non-hydrogen) atoms. The quantitative estimate of drug-likeness (QED) is 0.544. The van der Waals surface area contributed by atoms with Crippen molar-refractivity contribution in [3.05, 3.63) is 53.1 Å². The van der Waals surface area contributed by atoms with Gasteiger partial charge in [-0.3, -0.25) is 4.79 Å². The Morgan fingerprint density at radius 3 is 2.43 bits per heavy atom. The second kappa shape index (κ2) is 8.13. The minimum absolute atomic E-state index is 0.109. The molecule has 1 aliphatic rings. The van der Waals surface area contributed by atoms with Crippen LogP contribution in [-0.2, 0) is 0 Å². The van der Waals surface area contributed by atoms with E-state index in [1.807, 2.05) is 35.4 Å². The molecule has 3 aromatic rings. The number of aromatic nitrogens is 1. The van der Waals surface area contributed by atoms with Gasteiger partial charge in [-0.2, -0.15) is 0 Å². The summed E-state index contributed by atoms with van der Waals surface area (Å²) in [6.45, 7) is 5.63. The van der Waals surface area contributed by atoms with E-state index < -0.39 is 0 Å². The number of amides is 1. The van der Waals surface area contributed by atoms with Crippen molar-refractivity contribution in [3.8, 4) is 5.19 Å². The number of piperidine rings is 1. The lowest BCUT2D eigenvalue weighted by Crippen LogP contribution is -2.41. The third-order valence-corrected chi connectivity index (χ3v) is 7.08. The average Bonchev–Trinajstić information content (AvgIpc) is 3.16. The van der Waals surface area contributed by atoms with Crippen LogP contribution < -0.4 is 4.74 Å². The van der Waals surface area contributed by atoms with Gasteiger partial charge >= 0.3 is 0 Å². The summed E-state index contributed by atoms with van der Waals surface area (Å²) in [5, 5.41) is 0.741. The van der Waals surface area contributed by atoms with Gasteiger partial charge in [0.15, 0.2) is 0 Å². The van der Waals surface area contributed by atoms with Gasteiger partial charge in [-0.15, -0.1) is 11.8 Å². The fraction of sp³-hybridized carbons (Fsp3) is 0.364. The number of hydrogen-bond donors (Lipinski definition) is 0. The van der Waals surface area contributed by atoms with Crippen LogP contribution in [0, 0.1) is 13.8 Å². The van der Waals surface area contributed by atoms with Crippen LogP contribution >= 0.6 is 23.1 Å². The van der Waals surface area contributed by atoms with Crippen LogP contribution in [0.1, 0.15) is 34.3 Å². The fourth-order valence-electron chi connectivity index (χ4n) is 3.53. The third-order valence-electron chi connectivity index (χ3n) is 5.26. The van der Waals surface area contributed by atoms with Crippen molar-refractivity contribution >= 4 is 39.2 Å². The number of carbonyl (C=O) groups excluding carboxylic acids is 1. The summed E-state index contributed by atoms with van der Waals surface area (Å²) in [6.07, 6.45) is 3.82. The van der Waals surface area contributed by atoms with Gasteiger partial charge in [0.1, 0.15) is 6.10 Å². The molecule has 0 N–H and O–H groups in total. The number of rotatable bonds is 4. The summed E-state index contributed by atoms with van der Waals surface area (Å²) >= 11 is 3.31. The van der Waals surface area contributed by atoms with Crippen LogP contribution in [0.15, 0.2) is 41.3 Å². The summed E-state index contributed by atoms with van der Waals surface area (Å²) in [7, 11) is 0. The van der Waals surface area contributed by atoms with Crippen LogP contribution in [0.25, 0.3) is 10.2 Å². The molecule has 2 heterocycles. The zero-order chi connectivity index (χ0) is 19.7. The van der Waals surface area contributed by atoms with Gasteiger partial charge in [0.05, 0.1) is 10.2 Å². The van der Waals surface area contributed by atoms with Gasteiger partial charge in [-0.1, -0.05) is 23.5 Å². The normalized spacial score (nSPS) is 15.2. The topological polar surface area (TPSA) is 42.4 Å². The van der Waals surface area contributed by atoms with Gasteiger partial charge in [-0.25, -0.2) is 4.98 Å². The summed E-state index contributed by atoms with van der Waals surface area (Å²) < 4.78 is 7.39. The zero-order valence-electron chi connectivity index (χ0n) is 16.4. The predicted molar refractivity (Wildman–Crippen MR) is 117 cm³/mol. The van der Waals surface area contributed by atoms with Crippen LogP contribution in [0.2, 0.25) is 0 Å². The molecule has 0 spiro atoms. The lowest BCUT2D eigenvalue weighted by atomic mass is 10.1. The van der Waals surface area contributed by atoms with Gasteiger partial charge in [0, 0.05) is 36.4 Å². The molecule has 1 fully saturated rings. The van der Waals surface area contributed by atoms with Crippen LogP contribution in [-0.4, -0.2) is 41.2 Å². The zero-order valence-corrected chi connectivity index (χ0v) is 18.0. The first-order valence-electron chi connectivity index (χ1n) is 9.52. The highest BCUT2D eigenvalue weighted by atomic mass is 32.2. The van der Waals surface area contributed by atoms with E-state index >= 15 is 0 Å². The summed E-state index contributed by atoms with van der Waals surface area (Å²) in [6, 6.07) is 12.1. The molecule has 1 aliphatic heterocycles. The van der Waals surface area contributed by atoms with Crippen molar-refractivity contribution < 1.29 is 9.53 Å². The number of fused-ring (bicyclic) bond motifs is 1. The highest BCUT2D eigenvalue weighted by Crippen LogP contribution is 2.33. The van der Waals surface area contributed by atoms with Crippen molar-refractivity contribution in [1.29, 1.82) is 0 Å². The molecule has 0 saturated carbocycles. The van der Waals surface area contributed by atoms with E-state index in [-0.39, 0.29) is 12.0 Å². The van der Waals surface area contributed by atoms with E-state index in [0.717, 1.165) is 42.2 Å². The first kappa shape index (κ1) is 19.3. The smallest absolute Gasteiger partial charge is 0.274 e. The maximum atomic E-state index is 12.7. The van der Waals surface area contributed by atoms with E-state index in [1.165, 1.54) is 20.7 Å². The van der Waals surface area contributed by atoms with Crippen LogP contribution in [0.4, 0.5) is 0 Å². The van der Waals surface area contributed by atoms with Gasteiger partial charge in [0.25, 0.3) is 11.1 Å². The molecule has 6 heteroatoms. The Morgan fingerprint density at radius 2 is 1.79 bits per heavy atom. The highest BCUT2D eigenvalue weighted by Gasteiger charge is 2.25. The lowest BCUT2D eigenvalue weighted by Gasteiger charge is -2.31. The molecule has 1 amide bonds.